The molecule has 0 saturated heterocycles. The van der Waals surface area contributed by atoms with Crippen molar-refractivity contribution in [1.29, 1.82) is 0 Å². The van der Waals surface area contributed by atoms with Crippen molar-refractivity contribution in [2.75, 3.05) is 4.72 Å². The van der Waals surface area contributed by atoms with Crippen molar-refractivity contribution in [3.8, 4) is 5.69 Å². The lowest BCUT2D eigenvalue weighted by Gasteiger charge is -2.06. The number of hydrogen-bond donors (Lipinski definition) is 1. The highest BCUT2D eigenvalue weighted by Crippen LogP contribution is 2.22. The van der Waals surface area contributed by atoms with Crippen LogP contribution in [0.5, 0.6) is 0 Å². The predicted octanol–water partition coefficient (Wildman–Crippen LogP) is 3.63. The largest absolute Gasteiger partial charge is 0.276 e. The smallest absolute Gasteiger partial charge is 0.261 e. The number of rotatable bonds is 4. The summed E-state index contributed by atoms with van der Waals surface area (Å²) in [4.78, 5) is 0.202. The number of benzene rings is 2. The number of sulfonamides is 1. The molecule has 5 nitrogen and oxygen atoms in total. The molecule has 0 unspecified atom stereocenters. The normalized spacial score (nSPS) is 11.4. The van der Waals surface area contributed by atoms with Gasteiger partial charge in [0.2, 0.25) is 0 Å². The Morgan fingerprint density at radius 3 is 2.48 bits per heavy atom. The van der Waals surface area contributed by atoms with Crippen LogP contribution in [0.4, 0.5) is 5.69 Å². The van der Waals surface area contributed by atoms with Gasteiger partial charge in [0.1, 0.15) is 0 Å². The Labute approximate surface area is 139 Å². The summed E-state index contributed by atoms with van der Waals surface area (Å²) >= 11 is 6.11. The molecule has 1 N–H and O–H groups in total. The van der Waals surface area contributed by atoms with Crippen molar-refractivity contribution >= 4 is 27.3 Å². The molecular weight excluding hydrogens is 334 g/mol. The third kappa shape index (κ3) is 3.38. The second-order valence-corrected chi connectivity index (χ2v) is 7.13. The van der Waals surface area contributed by atoms with Crippen LogP contribution in [0.3, 0.4) is 0 Å². The monoisotopic (exact) mass is 347 g/mol. The molecule has 0 radical (unpaired) electrons. The Morgan fingerprint density at radius 1 is 1.09 bits per heavy atom. The van der Waals surface area contributed by atoms with E-state index in [1.807, 2.05) is 19.1 Å². The highest BCUT2D eigenvalue weighted by Gasteiger charge is 2.15. The van der Waals surface area contributed by atoms with Crippen molar-refractivity contribution in [3.63, 3.8) is 0 Å². The maximum absolute atomic E-state index is 12.4. The fourth-order valence-electron chi connectivity index (χ4n) is 2.08. The van der Waals surface area contributed by atoms with Crippen molar-refractivity contribution in [2.24, 2.45) is 0 Å². The number of halogens is 1. The maximum Gasteiger partial charge on any atom is 0.261 e. The van der Waals surface area contributed by atoms with E-state index in [4.69, 9.17) is 11.6 Å². The van der Waals surface area contributed by atoms with E-state index >= 15 is 0 Å². The van der Waals surface area contributed by atoms with Crippen LogP contribution in [0, 0.1) is 6.92 Å². The molecule has 0 fully saturated rings. The molecule has 0 bridgehead atoms. The average molecular weight is 348 g/mol. The molecule has 3 rings (SSSR count). The molecule has 0 aliphatic carbocycles. The molecule has 0 aliphatic heterocycles. The van der Waals surface area contributed by atoms with Gasteiger partial charge in [-0.25, -0.2) is 13.1 Å². The second-order valence-electron chi connectivity index (χ2n) is 5.04. The molecule has 118 valence electrons. The summed E-state index contributed by atoms with van der Waals surface area (Å²) in [7, 11) is -3.65. The van der Waals surface area contributed by atoms with E-state index in [-0.39, 0.29) is 4.90 Å². The number of aryl methyl sites for hydroxylation is 1. The molecule has 1 heterocycles. The van der Waals surface area contributed by atoms with Gasteiger partial charge < -0.3 is 0 Å². The van der Waals surface area contributed by atoms with Crippen LogP contribution < -0.4 is 4.72 Å². The molecule has 0 aliphatic rings. The van der Waals surface area contributed by atoms with Gasteiger partial charge in [0.25, 0.3) is 10.0 Å². The van der Waals surface area contributed by atoms with E-state index in [0.717, 1.165) is 5.56 Å². The van der Waals surface area contributed by atoms with E-state index in [0.29, 0.717) is 16.4 Å². The Bertz CT molecular complexity index is 934. The predicted molar refractivity (Wildman–Crippen MR) is 90.6 cm³/mol. The molecule has 0 atom stereocenters. The van der Waals surface area contributed by atoms with Crippen LogP contribution in [0.2, 0.25) is 5.02 Å². The summed E-state index contributed by atoms with van der Waals surface area (Å²) in [5, 5.41) is 4.68. The number of anilines is 1. The first-order valence-corrected chi connectivity index (χ1v) is 8.71. The summed E-state index contributed by atoms with van der Waals surface area (Å²) < 4.78 is 28.7. The molecule has 0 spiro atoms. The average Bonchev–Trinajstić information content (AvgIpc) is 2.95. The number of nitrogens with one attached hydrogen (secondary N) is 1. The lowest BCUT2D eigenvalue weighted by Crippen LogP contribution is -2.12. The van der Waals surface area contributed by atoms with Gasteiger partial charge in [-0.1, -0.05) is 41.4 Å². The fraction of sp³-hybridized carbons (Fsp3) is 0.0625. The molecule has 7 heteroatoms. The number of nitrogens with zero attached hydrogens (tertiary/aromatic N) is 2. The van der Waals surface area contributed by atoms with Crippen LogP contribution >= 0.6 is 11.6 Å². The van der Waals surface area contributed by atoms with Gasteiger partial charge in [0, 0.05) is 0 Å². The van der Waals surface area contributed by atoms with Crippen LogP contribution in [0.15, 0.2) is 65.8 Å². The number of hydrogen-bond acceptors (Lipinski definition) is 3. The topological polar surface area (TPSA) is 64.0 Å². The van der Waals surface area contributed by atoms with E-state index < -0.39 is 10.0 Å². The van der Waals surface area contributed by atoms with Crippen LogP contribution in [0.25, 0.3) is 5.69 Å². The molecule has 0 amide bonds. The van der Waals surface area contributed by atoms with E-state index in [1.54, 1.807) is 42.6 Å². The third-order valence-corrected chi connectivity index (χ3v) is 4.98. The summed E-state index contributed by atoms with van der Waals surface area (Å²) in [5.41, 5.74) is 2.04. The molecular formula is C16H14ClN3O2S. The summed E-state index contributed by atoms with van der Waals surface area (Å²) in [5.74, 6) is 0. The Kier molecular flexibility index (Phi) is 4.11. The third-order valence-electron chi connectivity index (χ3n) is 3.27. The minimum absolute atomic E-state index is 0.202. The van der Waals surface area contributed by atoms with Gasteiger partial charge in [-0.15, -0.1) is 0 Å². The SMILES string of the molecule is Cc1ccc(S(=O)(=O)Nc2cnn(-c3ccccc3Cl)c2)cc1. The fourth-order valence-corrected chi connectivity index (χ4v) is 3.33. The lowest BCUT2D eigenvalue weighted by atomic mass is 10.2. The number of aromatic nitrogens is 2. The van der Waals surface area contributed by atoms with Crippen molar-refractivity contribution in [3.05, 3.63) is 71.5 Å². The van der Waals surface area contributed by atoms with Gasteiger partial charge in [0.15, 0.2) is 0 Å². The molecule has 0 saturated carbocycles. The molecule has 23 heavy (non-hydrogen) atoms. The minimum Gasteiger partial charge on any atom is -0.276 e. The first-order valence-electron chi connectivity index (χ1n) is 6.85. The van der Waals surface area contributed by atoms with Gasteiger partial charge in [-0.05, 0) is 31.2 Å². The second kappa shape index (κ2) is 6.06. The first-order chi connectivity index (χ1) is 11.0. The van der Waals surface area contributed by atoms with Gasteiger partial charge >= 0.3 is 0 Å². The molecule has 2 aromatic carbocycles. The van der Waals surface area contributed by atoms with Crippen molar-refractivity contribution in [2.45, 2.75) is 11.8 Å². The van der Waals surface area contributed by atoms with Crippen LogP contribution in [0.1, 0.15) is 5.56 Å². The maximum atomic E-state index is 12.4. The highest BCUT2D eigenvalue weighted by atomic mass is 35.5. The Morgan fingerprint density at radius 2 is 1.78 bits per heavy atom. The van der Waals surface area contributed by atoms with Gasteiger partial charge in [-0.2, -0.15) is 5.10 Å². The Hall–Kier alpha value is -2.31. The summed E-state index contributed by atoms with van der Waals surface area (Å²) in [6, 6.07) is 13.8. The summed E-state index contributed by atoms with van der Waals surface area (Å²) in [6.07, 6.45) is 3.02. The van der Waals surface area contributed by atoms with Crippen LogP contribution in [-0.2, 0) is 10.0 Å². The van der Waals surface area contributed by atoms with Crippen LogP contribution in [-0.4, -0.2) is 18.2 Å². The lowest BCUT2D eigenvalue weighted by molar-refractivity contribution is 0.601. The quantitative estimate of drug-likeness (QED) is 0.783. The zero-order chi connectivity index (χ0) is 16.4. The highest BCUT2D eigenvalue weighted by molar-refractivity contribution is 7.92. The van der Waals surface area contributed by atoms with E-state index in [1.165, 1.54) is 10.9 Å². The van der Waals surface area contributed by atoms with Crippen molar-refractivity contribution in [1.82, 2.24) is 9.78 Å². The Balaban J connectivity index is 1.87. The number of para-hydroxylation sites is 1. The van der Waals surface area contributed by atoms with E-state index in [9.17, 15) is 8.42 Å². The zero-order valence-corrected chi connectivity index (χ0v) is 13.8. The zero-order valence-electron chi connectivity index (χ0n) is 12.3. The first kappa shape index (κ1) is 15.6. The van der Waals surface area contributed by atoms with Gasteiger partial charge in [-0.3, -0.25) is 4.72 Å². The van der Waals surface area contributed by atoms with Crippen molar-refractivity contribution < 1.29 is 8.42 Å². The molecule has 3 aromatic rings. The van der Waals surface area contributed by atoms with Gasteiger partial charge in [0.05, 0.1) is 33.7 Å². The summed E-state index contributed by atoms with van der Waals surface area (Å²) in [6.45, 7) is 1.90. The van der Waals surface area contributed by atoms with E-state index in [2.05, 4.69) is 9.82 Å². The standard InChI is InChI=1S/C16H14ClN3O2S/c1-12-6-8-14(9-7-12)23(21,22)19-13-10-18-20(11-13)16-5-3-2-4-15(16)17/h2-11,19H,1H3. The molecule has 1 aromatic heterocycles. The minimum atomic E-state index is -3.65.